The SMILES string of the molecule is CCOC(=O)Cc1cn(Cc2cccc(O)c2)c2ccccc12. The number of phenols is 1. The van der Waals surface area contributed by atoms with E-state index < -0.39 is 0 Å². The van der Waals surface area contributed by atoms with E-state index in [4.69, 9.17) is 4.74 Å². The molecule has 0 aliphatic rings. The normalized spacial score (nSPS) is 10.8. The second-order valence-electron chi connectivity index (χ2n) is 5.45. The molecule has 0 saturated carbocycles. The maximum Gasteiger partial charge on any atom is 0.310 e. The highest BCUT2D eigenvalue weighted by molar-refractivity contribution is 5.88. The lowest BCUT2D eigenvalue weighted by molar-refractivity contribution is -0.142. The monoisotopic (exact) mass is 309 g/mol. The van der Waals surface area contributed by atoms with E-state index in [0.29, 0.717) is 13.2 Å². The van der Waals surface area contributed by atoms with E-state index in [1.54, 1.807) is 12.1 Å². The van der Waals surface area contributed by atoms with Crippen LogP contribution in [0.25, 0.3) is 10.9 Å². The highest BCUT2D eigenvalue weighted by Crippen LogP contribution is 2.24. The van der Waals surface area contributed by atoms with Crippen LogP contribution in [0.1, 0.15) is 18.1 Å². The van der Waals surface area contributed by atoms with E-state index in [1.807, 2.05) is 49.5 Å². The molecule has 0 saturated heterocycles. The van der Waals surface area contributed by atoms with Crippen molar-refractivity contribution in [2.45, 2.75) is 19.9 Å². The van der Waals surface area contributed by atoms with Crippen LogP contribution in [0, 0.1) is 0 Å². The number of esters is 1. The third kappa shape index (κ3) is 3.37. The van der Waals surface area contributed by atoms with Crippen molar-refractivity contribution in [2.75, 3.05) is 6.61 Å². The smallest absolute Gasteiger partial charge is 0.310 e. The number of carbonyl (C=O) groups is 1. The molecule has 4 nitrogen and oxygen atoms in total. The van der Waals surface area contributed by atoms with Crippen molar-refractivity contribution in [3.8, 4) is 5.75 Å². The Morgan fingerprint density at radius 1 is 1.17 bits per heavy atom. The Morgan fingerprint density at radius 2 is 2.00 bits per heavy atom. The Morgan fingerprint density at radius 3 is 2.78 bits per heavy atom. The number of ether oxygens (including phenoxy) is 1. The number of para-hydroxylation sites is 1. The summed E-state index contributed by atoms with van der Waals surface area (Å²) in [6.07, 6.45) is 2.26. The Balaban J connectivity index is 1.96. The minimum atomic E-state index is -0.215. The van der Waals surface area contributed by atoms with Crippen LogP contribution in [-0.2, 0) is 22.5 Å². The fourth-order valence-corrected chi connectivity index (χ4v) is 2.81. The number of carbonyl (C=O) groups excluding carboxylic acids is 1. The van der Waals surface area contributed by atoms with Gasteiger partial charge < -0.3 is 14.4 Å². The zero-order valence-corrected chi connectivity index (χ0v) is 13.0. The van der Waals surface area contributed by atoms with E-state index in [9.17, 15) is 9.90 Å². The molecule has 2 aromatic carbocycles. The maximum absolute atomic E-state index is 11.8. The van der Waals surface area contributed by atoms with Gasteiger partial charge in [-0.2, -0.15) is 0 Å². The molecule has 1 heterocycles. The molecule has 118 valence electrons. The largest absolute Gasteiger partial charge is 0.508 e. The molecule has 3 rings (SSSR count). The van der Waals surface area contributed by atoms with Gasteiger partial charge in [-0.15, -0.1) is 0 Å². The lowest BCUT2D eigenvalue weighted by Crippen LogP contribution is -2.07. The maximum atomic E-state index is 11.8. The summed E-state index contributed by atoms with van der Waals surface area (Å²) in [6.45, 7) is 2.83. The van der Waals surface area contributed by atoms with E-state index in [-0.39, 0.29) is 18.1 Å². The molecule has 4 heteroatoms. The van der Waals surface area contributed by atoms with Gasteiger partial charge in [0, 0.05) is 23.6 Å². The van der Waals surface area contributed by atoms with Crippen LogP contribution in [-0.4, -0.2) is 22.2 Å². The average Bonchev–Trinajstić information content (AvgIpc) is 2.86. The van der Waals surface area contributed by atoms with Gasteiger partial charge in [0.05, 0.1) is 13.0 Å². The summed E-state index contributed by atoms with van der Waals surface area (Å²) in [5.41, 5.74) is 3.03. The summed E-state index contributed by atoms with van der Waals surface area (Å²) < 4.78 is 7.15. The zero-order valence-electron chi connectivity index (χ0n) is 13.0. The number of hydrogen-bond acceptors (Lipinski definition) is 3. The predicted octanol–water partition coefficient (Wildman–Crippen LogP) is 3.50. The summed E-state index contributed by atoms with van der Waals surface area (Å²) in [5.74, 6) is 0.0402. The first-order valence-electron chi connectivity index (χ1n) is 7.67. The molecular weight excluding hydrogens is 290 g/mol. The first-order chi connectivity index (χ1) is 11.2. The topological polar surface area (TPSA) is 51.5 Å². The van der Waals surface area contributed by atoms with Gasteiger partial charge in [0.15, 0.2) is 0 Å². The summed E-state index contributed by atoms with van der Waals surface area (Å²) >= 11 is 0. The number of rotatable bonds is 5. The number of fused-ring (bicyclic) bond motifs is 1. The van der Waals surface area contributed by atoms with Gasteiger partial charge in [0.25, 0.3) is 0 Å². The molecule has 0 fully saturated rings. The van der Waals surface area contributed by atoms with E-state index in [0.717, 1.165) is 22.0 Å². The molecule has 0 atom stereocenters. The average molecular weight is 309 g/mol. The third-order valence-electron chi connectivity index (χ3n) is 3.77. The standard InChI is InChI=1S/C19H19NO3/c1-2-23-19(22)11-15-13-20(18-9-4-3-8-17(15)18)12-14-6-5-7-16(21)10-14/h3-10,13,21H,2,11-12H2,1H3. The van der Waals surface area contributed by atoms with Crippen molar-refractivity contribution in [1.82, 2.24) is 4.57 Å². The van der Waals surface area contributed by atoms with Gasteiger partial charge >= 0.3 is 5.97 Å². The molecule has 0 aliphatic heterocycles. The number of benzene rings is 2. The molecule has 23 heavy (non-hydrogen) atoms. The highest BCUT2D eigenvalue weighted by Gasteiger charge is 2.12. The van der Waals surface area contributed by atoms with Crippen molar-refractivity contribution in [2.24, 2.45) is 0 Å². The quantitative estimate of drug-likeness (QED) is 0.734. The summed E-state index contributed by atoms with van der Waals surface area (Å²) in [4.78, 5) is 11.8. The zero-order chi connectivity index (χ0) is 16.2. The van der Waals surface area contributed by atoms with Crippen molar-refractivity contribution >= 4 is 16.9 Å². The minimum absolute atomic E-state index is 0.215. The van der Waals surface area contributed by atoms with Gasteiger partial charge in [-0.1, -0.05) is 30.3 Å². The predicted molar refractivity (Wildman–Crippen MR) is 89.5 cm³/mol. The van der Waals surface area contributed by atoms with Crippen molar-refractivity contribution < 1.29 is 14.6 Å². The van der Waals surface area contributed by atoms with E-state index >= 15 is 0 Å². The summed E-state index contributed by atoms with van der Waals surface area (Å²) in [7, 11) is 0. The molecular formula is C19H19NO3. The number of aromatic nitrogens is 1. The Bertz CT molecular complexity index is 836. The molecule has 0 amide bonds. The van der Waals surface area contributed by atoms with Crippen LogP contribution in [0.5, 0.6) is 5.75 Å². The fraction of sp³-hybridized carbons (Fsp3) is 0.211. The van der Waals surface area contributed by atoms with Crippen LogP contribution in [0.15, 0.2) is 54.7 Å². The fourth-order valence-electron chi connectivity index (χ4n) is 2.81. The summed E-state index contributed by atoms with van der Waals surface area (Å²) in [6, 6.07) is 15.2. The molecule has 0 bridgehead atoms. The van der Waals surface area contributed by atoms with E-state index in [2.05, 4.69) is 4.57 Å². The molecule has 1 N–H and O–H groups in total. The number of phenolic OH excluding ortho intramolecular Hbond substituents is 1. The second kappa shape index (κ2) is 6.57. The second-order valence-corrected chi connectivity index (χ2v) is 5.45. The molecule has 0 aliphatic carbocycles. The Kier molecular flexibility index (Phi) is 4.33. The van der Waals surface area contributed by atoms with Gasteiger partial charge in [0.1, 0.15) is 5.75 Å². The van der Waals surface area contributed by atoms with Gasteiger partial charge in [-0.3, -0.25) is 4.79 Å². The molecule has 0 unspecified atom stereocenters. The Hall–Kier alpha value is -2.75. The van der Waals surface area contributed by atoms with Crippen LogP contribution in [0.2, 0.25) is 0 Å². The van der Waals surface area contributed by atoms with Gasteiger partial charge in [-0.05, 0) is 36.2 Å². The lowest BCUT2D eigenvalue weighted by atomic mass is 10.1. The molecule has 0 spiro atoms. The summed E-state index contributed by atoms with van der Waals surface area (Å²) in [5, 5.41) is 10.7. The molecule has 3 aromatic rings. The van der Waals surface area contributed by atoms with Crippen molar-refractivity contribution in [3.63, 3.8) is 0 Å². The molecule has 1 aromatic heterocycles. The van der Waals surface area contributed by atoms with Crippen LogP contribution < -0.4 is 0 Å². The highest BCUT2D eigenvalue weighted by atomic mass is 16.5. The number of aromatic hydroxyl groups is 1. The van der Waals surface area contributed by atoms with Crippen molar-refractivity contribution in [3.05, 3.63) is 65.9 Å². The van der Waals surface area contributed by atoms with Crippen LogP contribution in [0.3, 0.4) is 0 Å². The van der Waals surface area contributed by atoms with Gasteiger partial charge in [-0.25, -0.2) is 0 Å². The third-order valence-corrected chi connectivity index (χ3v) is 3.77. The van der Waals surface area contributed by atoms with Gasteiger partial charge in [0.2, 0.25) is 0 Å². The number of hydrogen-bond donors (Lipinski definition) is 1. The first kappa shape index (κ1) is 15.2. The first-order valence-corrected chi connectivity index (χ1v) is 7.67. The molecule has 0 radical (unpaired) electrons. The minimum Gasteiger partial charge on any atom is -0.508 e. The Labute approximate surface area is 134 Å². The lowest BCUT2D eigenvalue weighted by Gasteiger charge is -2.06. The van der Waals surface area contributed by atoms with Crippen LogP contribution >= 0.6 is 0 Å². The van der Waals surface area contributed by atoms with E-state index in [1.165, 1.54) is 0 Å². The van der Waals surface area contributed by atoms with Crippen molar-refractivity contribution in [1.29, 1.82) is 0 Å². The number of nitrogens with zero attached hydrogens (tertiary/aromatic N) is 1. The van der Waals surface area contributed by atoms with Crippen LogP contribution in [0.4, 0.5) is 0 Å².